The van der Waals surface area contributed by atoms with E-state index in [1.54, 1.807) is 0 Å². The average Bonchev–Trinajstić information content (AvgIpc) is 0.718. The third-order valence-electron chi connectivity index (χ3n) is 28.5. The fourth-order valence-corrected chi connectivity index (χ4v) is 20.9. The Labute approximate surface area is 854 Å². The first-order valence-corrected chi connectivity index (χ1v) is 49.4. The first kappa shape index (κ1) is 93.6. The van der Waals surface area contributed by atoms with E-state index in [-0.39, 0.29) is 11.4 Å². The Morgan fingerprint density at radius 3 is 0.493 bits per heavy atom. The van der Waals surface area contributed by atoms with Gasteiger partial charge in [-0.3, -0.25) is 0 Å². The van der Waals surface area contributed by atoms with Gasteiger partial charge in [-0.2, -0.15) is 0 Å². The third kappa shape index (κ3) is 18.3. The Hall–Kier alpha value is -18.0. The van der Waals surface area contributed by atoms with Crippen LogP contribution in [0.5, 0.6) is 0 Å². The van der Waals surface area contributed by atoms with Crippen LogP contribution in [0.25, 0.3) is 154 Å². The van der Waals surface area contributed by atoms with E-state index in [4.69, 9.17) is 0 Å². The molecule has 0 fully saturated rings. The molecule has 0 radical (unpaired) electrons. The molecule has 0 aliphatic rings. The standard InChI is InChI=1S/2C68H48F4N2/c1-41-5-13-45(14-6-41)51-33-52(46-15-7-42(2)8-16-46)36-57(35-51)73(65-31-25-55(69)39-61(65)71)63-29-23-49-22-28-60-64(30-24-50-21-27-59(63)67(49)68(50)60)74(66-32-26-56(70)40-62(66)72)58-37-53(47-17-9-43(3)10-18-47)34-54(38-58)48-19-11-44(4)12-20-48;1-41-5-13-45(14-6-41)51-29-52(46-15-7-42(2)8-16-46)32-59(31-51)73(61-37-55(69)35-56(70)38-61)65-27-23-49-22-26-64-66(28-24-50-21-25-63(65)67(49)68(50)64)74(62-39-57(71)36-58(72)40-62)60-33-53(47-17-9-43(3)10-18-47)30-54(34-60)48-19-11-44(4)12-20-48/h2*5-40H,1-4H3. The highest BCUT2D eigenvalue weighted by Gasteiger charge is 2.31. The van der Waals surface area contributed by atoms with Gasteiger partial charge >= 0.3 is 0 Å². The monoisotopic (exact) mass is 1940 g/mol. The van der Waals surface area contributed by atoms with Crippen LogP contribution in [-0.2, 0) is 0 Å². The van der Waals surface area contributed by atoms with Crippen LogP contribution in [0.1, 0.15) is 44.5 Å². The van der Waals surface area contributed by atoms with E-state index in [9.17, 15) is 8.78 Å². The van der Waals surface area contributed by atoms with E-state index in [1.807, 2.05) is 56.0 Å². The molecule has 0 unspecified atom stereocenters. The van der Waals surface area contributed by atoms with Gasteiger partial charge in [0.05, 0.1) is 45.5 Å². The molecule has 24 aromatic rings. The molecule has 0 atom stereocenters. The number of hydrogen-bond acceptors (Lipinski definition) is 4. The zero-order valence-corrected chi connectivity index (χ0v) is 82.4. The van der Waals surface area contributed by atoms with Crippen molar-refractivity contribution in [1.82, 2.24) is 0 Å². The first-order chi connectivity index (χ1) is 71.8. The smallest absolute Gasteiger partial charge is 0.150 e. The van der Waals surface area contributed by atoms with Crippen LogP contribution in [-0.4, -0.2) is 0 Å². The van der Waals surface area contributed by atoms with Crippen molar-refractivity contribution in [3.05, 3.63) is 528 Å². The number of rotatable bonds is 20. The number of anilines is 12. The molecule has 0 spiro atoms. The van der Waals surface area contributed by atoms with Crippen LogP contribution in [0, 0.1) is 102 Å². The molecule has 148 heavy (non-hydrogen) atoms. The normalized spacial score (nSPS) is 11.5. The fourth-order valence-electron chi connectivity index (χ4n) is 20.9. The van der Waals surface area contributed by atoms with Crippen molar-refractivity contribution in [1.29, 1.82) is 0 Å². The fraction of sp³-hybridized carbons (Fsp3) is 0.0588. The lowest BCUT2D eigenvalue weighted by Crippen LogP contribution is -2.14. The lowest BCUT2D eigenvalue weighted by Gasteiger charge is -2.30. The Morgan fingerprint density at radius 2 is 0.297 bits per heavy atom. The second-order valence-electron chi connectivity index (χ2n) is 39.0. The van der Waals surface area contributed by atoms with Crippen LogP contribution in [0.15, 0.2) is 437 Å². The van der Waals surface area contributed by atoms with E-state index in [1.165, 1.54) is 48.5 Å². The molecule has 0 saturated heterocycles. The molecule has 12 heteroatoms. The SMILES string of the molecule is Cc1ccc(-c2cc(-c3ccc(C)cc3)cc(N(c3cc(F)cc(F)c3)c3ccc4ccc5c(N(c6cc(F)cc(F)c6)c6cc(-c7ccc(C)cc7)cc(-c7ccc(C)cc7)c6)ccc6ccc3c4c65)c2)cc1.Cc1ccc(-c2cc(-c3ccc(C)cc3)cc(N(c3ccc(F)cc3F)c3ccc4ccc5c(N(c6cc(-c7ccc(C)cc7)cc(-c7ccc(C)cc7)c6)c6ccc(F)cc6F)ccc6ccc3c4c65)c2)cc1. The third-order valence-corrected chi connectivity index (χ3v) is 28.5. The molecule has 0 amide bonds. The Bertz CT molecular complexity index is 8420. The molecule has 0 aromatic heterocycles. The number of hydrogen-bond donors (Lipinski definition) is 0. The summed E-state index contributed by atoms with van der Waals surface area (Å²) in [6, 6.07) is 139. The molecule has 24 rings (SSSR count). The minimum atomic E-state index is -0.717. The largest absolute Gasteiger partial charge is 0.310 e. The van der Waals surface area contributed by atoms with Crippen molar-refractivity contribution in [3.63, 3.8) is 0 Å². The van der Waals surface area contributed by atoms with Crippen molar-refractivity contribution in [2.24, 2.45) is 0 Å². The maximum absolute atomic E-state index is 16.7. The molecule has 0 N–H and O–H groups in total. The maximum Gasteiger partial charge on any atom is 0.150 e. The Balaban J connectivity index is 0.000000163. The number of halogens is 8. The van der Waals surface area contributed by atoms with E-state index >= 15 is 26.3 Å². The summed E-state index contributed by atoms with van der Waals surface area (Å²) >= 11 is 0. The molecule has 0 aliphatic carbocycles. The van der Waals surface area contributed by atoms with Gasteiger partial charge in [-0.15, -0.1) is 0 Å². The van der Waals surface area contributed by atoms with Gasteiger partial charge in [-0.1, -0.05) is 311 Å². The van der Waals surface area contributed by atoms with E-state index < -0.39 is 46.5 Å². The second kappa shape index (κ2) is 38.6. The summed E-state index contributed by atoms with van der Waals surface area (Å²) in [5.74, 6) is -5.60. The van der Waals surface area contributed by atoms with Crippen LogP contribution >= 0.6 is 0 Å². The zero-order valence-electron chi connectivity index (χ0n) is 82.4. The second-order valence-corrected chi connectivity index (χ2v) is 39.0. The quantitative estimate of drug-likeness (QED) is 0.0557. The number of aryl methyl sites for hydroxylation is 8. The molecule has 0 aliphatic heterocycles. The van der Waals surface area contributed by atoms with E-state index in [0.29, 0.717) is 56.9 Å². The zero-order chi connectivity index (χ0) is 102. The van der Waals surface area contributed by atoms with Gasteiger partial charge < -0.3 is 19.6 Å². The molecule has 716 valence electrons. The predicted octanol–water partition coefficient (Wildman–Crippen LogP) is 40.0. The van der Waals surface area contributed by atoms with E-state index in [2.05, 4.69) is 383 Å². The van der Waals surface area contributed by atoms with Gasteiger partial charge in [0.25, 0.3) is 0 Å². The molecule has 4 nitrogen and oxygen atoms in total. The highest BCUT2D eigenvalue weighted by Crippen LogP contribution is 2.55. The maximum atomic E-state index is 16.7. The topological polar surface area (TPSA) is 13.0 Å². The van der Waals surface area contributed by atoms with Crippen LogP contribution in [0.4, 0.5) is 103 Å². The summed E-state index contributed by atoms with van der Waals surface area (Å²) in [7, 11) is 0. The average molecular weight is 1940 g/mol. The molecule has 24 aromatic carbocycles. The summed E-state index contributed by atoms with van der Waals surface area (Å²) in [5, 5.41) is 10.8. The van der Waals surface area contributed by atoms with Gasteiger partial charge in [0.2, 0.25) is 0 Å². The summed E-state index contributed by atoms with van der Waals surface area (Å²) in [6.45, 7) is 16.4. The summed E-state index contributed by atoms with van der Waals surface area (Å²) in [5.41, 5.74) is 31.0. The van der Waals surface area contributed by atoms with Crippen molar-refractivity contribution in [3.8, 4) is 89.0 Å². The predicted molar refractivity (Wildman–Crippen MR) is 600 cm³/mol. The van der Waals surface area contributed by atoms with Crippen molar-refractivity contribution < 1.29 is 35.1 Å². The highest BCUT2D eigenvalue weighted by atomic mass is 19.2. The van der Waals surface area contributed by atoms with Gasteiger partial charge in [0, 0.05) is 68.6 Å². The number of nitrogens with zero attached hydrogens (tertiary/aromatic N) is 4. The number of benzene rings is 24. The van der Waals surface area contributed by atoms with Gasteiger partial charge in [0.15, 0.2) is 0 Å². The van der Waals surface area contributed by atoms with Gasteiger partial charge in [-0.05, 0) is 333 Å². The summed E-state index contributed by atoms with van der Waals surface area (Å²) < 4.78 is 126. The molecular formula is C136H96F8N4. The van der Waals surface area contributed by atoms with Crippen molar-refractivity contribution in [2.45, 2.75) is 55.4 Å². The highest BCUT2D eigenvalue weighted by molar-refractivity contribution is 6.30. The van der Waals surface area contributed by atoms with Crippen molar-refractivity contribution >= 4 is 133 Å². The Kier molecular flexibility index (Phi) is 24.4. The van der Waals surface area contributed by atoms with Gasteiger partial charge in [0.1, 0.15) is 46.5 Å². The lowest BCUT2D eigenvalue weighted by molar-refractivity contribution is 0.583. The summed E-state index contributed by atoms with van der Waals surface area (Å²) in [4.78, 5) is 7.67. The molecular weight excluding hydrogens is 1840 g/mol. The van der Waals surface area contributed by atoms with Crippen molar-refractivity contribution in [2.75, 3.05) is 19.6 Å². The molecule has 0 saturated carbocycles. The first-order valence-electron chi connectivity index (χ1n) is 49.4. The van der Waals surface area contributed by atoms with Crippen LogP contribution in [0.2, 0.25) is 0 Å². The van der Waals surface area contributed by atoms with E-state index in [0.717, 1.165) is 222 Å². The summed E-state index contributed by atoms with van der Waals surface area (Å²) in [6.07, 6.45) is 0. The van der Waals surface area contributed by atoms with Gasteiger partial charge in [-0.25, -0.2) is 35.1 Å². The molecule has 0 bridgehead atoms. The van der Waals surface area contributed by atoms with Crippen LogP contribution in [0.3, 0.4) is 0 Å². The minimum absolute atomic E-state index is 0.175. The minimum Gasteiger partial charge on any atom is -0.310 e. The lowest BCUT2D eigenvalue weighted by atomic mass is 9.91. The van der Waals surface area contributed by atoms with Crippen LogP contribution < -0.4 is 19.6 Å². The molecule has 0 heterocycles. The Morgan fingerprint density at radius 1 is 0.128 bits per heavy atom.